The fourth-order valence-electron chi connectivity index (χ4n) is 2.52. The van der Waals surface area contributed by atoms with Crippen LogP contribution in [0, 0.1) is 5.82 Å². The molecule has 2 unspecified atom stereocenters. The van der Waals surface area contributed by atoms with Crippen molar-refractivity contribution in [3.05, 3.63) is 28.0 Å². The second-order valence-corrected chi connectivity index (χ2v) is 8.99. The molecule has 118 valence electrons. The lowest BCUT2D eigenvalue weighted by Crippen LogP contribution is -2.44. The summed E-state index contributed by atoms with van der Waals surface area (Å²) in [6.07, 6.45) is 3.71. The molecule has 0 bridgehead atoms. The van der Waals surface area contributed by atoms with Crippen molar-refractivity contribution in [2.75, 3.05) is 7.05 Å². The van der Waals surface area contributed by atoms with E-state index in [4.69, 9.17) is 23.2 Å². The third-order valence-electron chi connectivity index (χ3n) is 3.77. The quantitative estimate of drug-likeness (QED) is 0.536. The second kappa shape index (κ2) is 6.71. The molecular weight excluding hydrogens is 404 g/mol. The SMILES string of the molecule is CN(C1CCCCC1Br)S(=O)(=O)c1ccc(Cl)c(F)c1Cl. The van der Waals surface area contributed by atoms with Gasteiger partial charge in [0.15, 0.2) is 5.82 Å². The van der Waals surface area contributed by atoms with Crippen molar-refractivity contribution in [1.29, 1.82) is 0 Å². The van der Waals surface area contributed by atoms with Crippen molar-refractivity contribution in [3.63, 3.8) is 0 Å². The molecule has 0 radical (unpaired) electrons. The summed E-state index contributed by atoms with van der Waals surface area (Å²) < 4.78 is 40.4. The first-order chi connectivity index (χ1) is 9.76. The highest BCUT2D eigenvalue weighted by molar-refractivity contribution is 9.09. The molecule has 0 aromatic heterocycles. The minimum Gasteiger partial charge on any atom is -0.207 e. The van der Waals surface area contributed by atoms with Crippen molar-refractivity contribution >= 4 is 49.2 Å². The molecule has 1 aliphatic rings. The molecule has 1 aliphatic carbocycles. The van der Waals surface area contributed by atoms with Gasteiger partial charge in [0.1, 0.15) is 4.90 Å². The van der Waals surface area contributed by atoms with Crippen LogP contribution in [0.15, 0.2) is 17.0 Å². The number of alkyl halides is 1. The lowest BCUT2D eigenvalue weighted by atomic mass is 9.96. The Labute approximate surface area is 142 Å². The summed E-state index contributed by atoms with van der Waals surface area (Å²) in [7, 11) is -2.37. The zero-order chi connectivity index (χ0) is 15.8. The van der Waals surface area contributed by atoms with E-state index in [2.05, 4.69) is 15.9 Å². The van der Waals surface area contributed by atoms with Crippen LogP contribution in [-0.4, -0.2) is 30.6 Å². The highest BCUT2D eigenvalue weighted by Gasteiger charge is 2.35. The van der Waals surface area contributed by atoms with E-state index in [9.17, 15) is 12.8 Å². The summed E-state index contributed by atoms with van der Waals surface area (Å²) in [5.74, 6) is -0.910. The Morgan fingerprint density at radius 1 is 1.29 bits per heavy atom. The smallest absolute Gasteiger partial charge is 0.207 e. The first-order valence-corrected chi connectivity index (χ1v) is 9.63. The minimum atomic E-state index is -3.87. The van der Waals surface area contributed by atoms with Crippen molar-refractivity contribution < 1.29 is 12.8 Å². The Balaban J connectivity index is 2.40. The Bertz CT molecular complexity index is 641. The number of nitrogens with zero attached hydrogens (tertiary/aromatic N) is 1. The van der Waals surface area contributed by atoms with Crippen LogP contribution in [0.1, 0.15) is 25.7 Å². The van der Waals surface area contributed by atoms with E-state index >= 15 is 0 Å². The van der Waals surface area contributed by atoms with Gasteiger partial charge in [-0.05, 0) is 25.0 Å². The minimum absolute atomic E-state index is 0.0851. The van der Waals surface area contributed by atoms with E-state index in [0.29, 0.717) is 0 Å². The molecule has 1 saturated carbocycles. The number of benzene rings is 1. The largest absolute Gasteiger partial charge is 0.244 e. The summed E-state index contributed by atoms with van der Waals surface area (Å²) in [6, 6.07) is 2.28. The van der Waals surface area contributed by atoms with E-state index in [-0.39, 0.29) is 20.8 Å². The van der Waals surface area contributed by atoms with E-state index in [1.807, 2.05) is 0 Å². The lowest BCUT2D eigenvalue weighted by Gasteiger charge is -2.34. The summed E-state index contributed by atoms with van der Waals surface area (Å²) in [6.45, 7) is 0. The monoisotopic (exact) mass is 417 g/mol. The Kier molecular flexibility index (Phi) is 5.58. The molecule has 3 nitrogen and oxygen atoms in total. The standard InChI is InChI=1S/C13H15BrCl2FNO2S/c1-18(10-5-3-2-4-8(10)14)21(19,20)11-7-6-9(15)13(17)12(11)16/h6-8,10H,2-5H2,1H3. The van der Waals surface area contributed by atoms with Crippen LogP contribution in [0.5, 0.6) is 0 Å². The molecule has 1 aromatic carbocycles. The van der Waals surface area contributed by atoms with Crippen molar-refractivity contribution in [2.24, 2.45) is 0 Å². The van der Waals surface area contributed by atoms with E-state index in [0.717, 1.165) is 25.7 Å². The van der Waals surface area contributed by atoms with Gasteiger partial charge in [-0.2, -0.15) is 4.31 Å². The van der Waals surface area contributed by atoms with Gasteiger partial charge in [-0.25, -0.2) is 12.8 Å². The average Bonchev–Trinajstić information content (AvgIpc) is 2.44. The maximum Gasteiger partial charge on any atom is 0.244 e. The van der Waals surface area contributed by atoms with Gasteiger partial charge in [0.25, 0.3) is 0 Å². The fraction of sp³-hybridized carbons (Fsp3) is 0.538. The van der Waals surface area contributed by atoms with Crippen LogP contribution >= 0.6 is 39.1 Å². The van der Waals surface area contributed by atoms with Gasteiger partial charge in [-0.15, -0.1) is 0 Å². The maximum absolute atomic E-state index is 13.7. The first-order valence-electron chi connectivity index (χ1n) is 6.52. The number of hydrogen-bond donors (Lipinski definition) is 0. The molecule has 8 heteroatoms. The molecule has 2 atom stereocenters. The molecule has 0 spiro atoms. The second-order valence-electron chi connectivity index (χ2n) is 5.06. The molecule has 21 heavy (non-hydrogen) atoms. The van der Waals surface area contributed by atoms with Gasteiger partial charge >= 0.3 is 0 Å². The molecule has 2 rings (SSSR count). The van der Waals surface area contributed by atoms with Gasteiger partial charge in [-0.1, -0.05) is 52.0 Å². The first kappa shape index (κ1) is 17.5. The third kappa shape index (κ3) is 3.39. The summed E-state index contributed by atoms with van der Waals surface area (Å²) >= 11 is 15.0. The molecule has 0 amide bonds. The van der Waals surface area contributed by atoms with Crippen LogP contribution in [0.25, 0.3) is 0 Å². The third-order valence-corrected chi connectivity index (χ3v) is 7.54. The van der Waals surface area contributed by atoms with Gasteiger partial charge < -0.3 is 0 Å². The predicted octanol–water partition coefficient (Wildman–Crippen LogP) is 4.46. The van der Waals surface area contributed by atoms with Gasteiger partial charge in [0.2, 0.25) is 10.0 Å². The zero-order valence-electron chi connectivity index (χ0n) is 11.3. The predicted molar refractivity (Wildman–Crippen MR) is 86.3 cm³/mol. The van der Waals surface area contributed by atoms with Crippen LogP contribution in [0.2, 0.25) is 10.0 Å². The summed E-state index contributed by atoms with van der Waals surface area (Å²) in [4.78, 5) is -0.166. The Hall–Kier alpha value is 0.120. The molecule has 1 fully saturated rings. The summed E-state index contributed by atoms with van der Waals surface area (Å²) in [5.41, 5.74) is 0. The van der Waals surface area contributed by atoms with Crippen LogP contribution < -0.4 is 0 Å². The number of sulfonamides is 1. The summed E-state index contributed by atoms with van der Waals surface area (Å²) in [5, 5.41) is -0.658. The highest BCUT2D eigenvalue weighted by atomic mass is 79.9. The lowest BCUT2D eigenvalue weighted by molar-refractivity contribution is 0.297. The van der Waals surface area contributed by atoms with E-state index in [1.165, 1.54) is 23.5 Å². The highest BCUT2D eigenvalue weighted by Crippen LogP contribution is 2.35. The molecule has 1 aromatic rings. The van der Waals surface area contributed by atoms with Crippen LogP contribution in [0.3, 0.4) is 0 Å². The molecule has 0 N–H and O–H groups in total. The Morgan fingerprint density at radius 2 is 1.90 bits per heavy atom. The normalized spacial score (nSPS) is 23.5. The number of hydrogen-bond acceptors (Lipinski definition) is 2. The van der Waals surface area contributed by atoms with E-state index < -0.39 is 20.9 Å². The van der Waals surface area contributed by atoms with Crippen LogP contribution in [0.4, 0.5) is 4.39 Å². The maximum atomic E-state index is 13.7. The topological polar surface area (TPSA) is 37.4 Å². The molecular formula is C13H15BrCl2FNO2S. The zero-order valence-corrected chi connectivity index (χ0v) is 15.2. The van der Waals surface area contributed by atoms with Gasteiger partial charge in [-0.3, -0.25) is 0 Å². The number of rotatable bonds is 3. The van der Waals surface area contributed by atoms with Crippen molar-refractivity contribution in [1.82, 2.24) is 4.31 Å². The fourth-order valence-corrected chi connectivity index (χ4v) is 5.75. The molecule has 0 saturated heterocycles. The van der Waals surface area contributed by atoms with Gasteiger partial charge in [0, 0.05) is 17.9 Å². The van der Waals surface area contributed by atoms with Crippen molar-refractivity contribution in [3.8, 4) is 0 Å². The van der Waals surface area contributed by atoms with Gasteiger partial charge in [0.05, 0.1) is 10.0 Å². The van der Waals surface area contributed by atoms with Crippen molar-refractivity contribution in [2.45, 2.75) is 41.4 Å². The molecule has 0 aliphatic heterocycles. The number of halogens is 4. The Morgan fingerprint density at radius 3 is 2.52 bits per heavy atom. The average molecular weight is 419 g/mol. The molecule has 0 heterocycles. The van der Waals surface area contributed by atoms with E-state index in [1.54, 1.807) is 0 Å². The van der Waals surface area contributed by atoms with Crippen LogP contribution in [-0.2, 0) is 10.0 Å².